The number of nitrogens with zero attached hydrogens (tertiary/aromatic N) is 2. The number of alkyl halides is 3. The van der Waals surface area contributed by atoms with Crippen molar-refractivity contribution in [2.45, 2.75) is 30.3 Å². The lowest BCUT2D eigenvalue weighted by Gasteiger charge is -2.25. The van der Waals surface area contributed by atoms with Crippen LogP contribution in [0.3, 0.4) is 0 Å². The molecule has 1 saturated heterocycles. The normalized spacial score (nSPS) is 15.8. The summed E-state index contributed by atoms with van der Waals surface area (Å²) in [6, 6.07) is 6.87. The van der Waals surface area contributed by atoms with Crippen LogP contribution in [0.25, 0.3) is 0 Å². The van der Waals surface area contributed by atoms with Gasteiger partial charge in [-0.05, 0) is 49.2 Å². The first kappa shape index (κ1) is 21.1. The summed E-state index contributed by atoms with van der Waals surface area (Å²) in [4.78, 5) is 10.4. The predicted molar refractivity (Wildman–Crippen MR) is 97.2 cm³/mol. The molecule has 0 saturated carbocycles. The zero-order valence-electron chi connectivity index (χ0n) is 15.1. The van der Waals surface area contributed by atoms with Crippen LogP contribution in [0.5, 0.6) is 11.5 Å². The fraction of sp³-hybridized carbons (Fsp3) is 0.333. The van der Waals surface area contributed by atoms with Crippen molar-refractivity contribution in [3.05, 3.63) is 58.1 Å². The van der Waals surface area contributed by atoms with Gasteiger partial charge in [0.15, 0.2) is 0 Å². The average Bonchev–Trinajstić information content (AvgIpc) is 2.68. The second kappa shape index (κ2) is 7.99. The summed E-state index contributed by atoms with van der Waals surface area (Å²) in [6.07, 6.45) is -2.16. The van der Waals surface area contributed by atoms with Crippen molar-refractivity contribution in [2.24, 2.45) is 0 Å². The minimum atomic E-state index is -4.52. The van der Waals surface area contributed by atoms with Gasteiger partial charge in [0.05, 0.1) is 15.4 Å². The van der Waals surface area contributed by atoms with Gasteiger partial charge in [-0.25, -0.2) is 8.42 Å². The van der Waals surface area contributed by atoms with E-state index in [2.05, 4.69) is 0 Å². The number of nitro benzene ring substituents is 1. The van der Waals surface area contributed by atoms with Crippen molar-refractivity contribution < 1.29 is 31.2 Å². The molecule has 11 heteroatoms. The minimum Gasteiger partial charge on any atom is -0.450 e. The van der Waals surface area contributed by atoms with Gasteiger partial charge in [0.1, 0.15) is 5.75 Å². The molecule has 1 aliphatic heterocycles. The molecule has 0 radical (unpaired) electrons. The Morgan fingerprint density at radius 3 is 2.17 bits per heavy atom. The quantitative estimate of drug-likeness (QED) is 0.512. The van der Waals surface area contributed by atoms with Crippen LogP contribution in [0.15, 0.2) is 47.4 Å². The van der Waals surface area contributed by atoms with Crippen molar-refractivity contribution in [3.63, 3.8) is 0 Å². The average molecular weight is 430 g/mol. The summed E-state index contributed by atoms with van der Waals surface area (Å²) in [5.41, 5.74) is -1.48. The predicted octanol–water partition coefficient (Wildman–Crippen LogP) is 4.58. The zero-order valence-corrected chi connectivity index (χ0v) is 15.9. The number of ether oxygens (including phenoxy) is 1. The number of hydrogen-bond donors (Lipinski definition) is 0. The summed E-state index contributed by atoms with van der Waals surface area (Å²) in [6.45, 7) is 0.694. The first-order valence-corrected chi connectivity index (χ1v) is 10.2. The molecular formula is C18H17F3N2O5S. The van der Waals surface area contributed by atoms with Crippen LogP contribution in [0.1, 0.15) is 24.8 Å². The second-order valence-corrected chi connectivity index (χ2v) is 8.41. The lowest BCUT2D eigenvalue weighted by molar-refractivity contribution is -0.385. The van der Waals surface area contributed by atoms with Crippen LogP contribution < -0.4 is 4.74 Å². The van der Waals surface area contributed by atoms with Gasteiger partial charge in [0, 0.05) is 19.2 Å². The van der Waals surface area contributed by atoms with E-state index in [-0.39, 0.29) is 16.4 Å². The van der Waals surface area contributed by atoms with Crippen LogP contribution in [-0.4, -0.2) is 30.7 Å². The van der Waals surface area contributed by atoms with E-state index < -0.39 is 32.4 Å². The van der Waals surface area contributed by atoms with Crippen LogP contribution in [-0.2, 0) is 16.2 Å². The summed E-state index contributed by atoms with van der Waals surface area (Å²) in [5.74, 6) is -0.319. The SMILES string of the molecule is O=[N+]([O-])c1cc(S(=O)(=O)N2CCCCC2)ccc1Oc1ccc(C(F)(F)F)cc1. The zero-order chi connectivity index (χ0) is 21.2. The highest BCUT2D eigenvalue weighted by atomic mass is 32.2. The van der Waals surface area contributed by atoms with Gasteiger partial charge in [-0.3, -0.25) is 10.1 Å². The Hall–Kier alpha value is -2.66. The molecule has 3 rings (SSSR count). The van der Waals surface area contributed by atoms with Gasteiger partial charge in [0.25, 0.3) is 0 Å². The number of benzene rings is 2. The van der Waals surface area contributed by atoms with Crippen molar-refractivity contribution >= 4 is 15.7 Å². The van der Waals surface area contributed by atoms with E-state index in [4.69, 9.17) is 4.74 Å². The number of nitro groups is 1. The smallest absolute Gasteiger partial charge is 0.416 e. The molecule has 2 aromatic rings. The molecule has 0 unspecified atom stereocenters. The van der Waals surface area contributed by atoms with Gasteiger partial charge in [-0.2, -0.15) is 17.5 Å². The molecule has 7 nitrogen and oxygen atoms in total. The summed E-state index contributed by atoms with van der Waals surface area (Å²) < 4.78 is 70.0. The second-order valence-electron chi connectivity index (χ2n) is 6.48. The van der Waals surface area contributed by atoms with E-state index >= 15 is 0 Å². The van der Waals surface area contributed by atoms with Crippen molar-refractivity contribution in [3.8, 4) is 11.5 Å². The van der Waals surface area contributed by atoms with E-state index in [9.17, 15) is 31.7 Å². The molecule has 0 bridgehead atoms. The van der Waals surface area contributed by atoms with Crippen LogP contribution in [0.2, 0.25) is 0 Å². The van der Waals surface area contributed by atoms with Gasteiger partial charge in [-0.15, -0.1) is 0 Å². The van der Waals surface area contributed by atoms with Crippen molar-refractivity contribution in [1.82, 2.24) is 4.31 Å². The Kier molecular flexibility index (Phi) is 5.80. The van der Waals surface area contributed by atoms with E-state index in [1.165, 1.54) is 10.4 Å². The number of sulfonamides is 1. The van der Waals surface area contributed by atoms with Gasteiger partial charge in [0.2, 0.25) is 15.8 Å². The molecule has 1 aliphatic rings. The Bertz CT molecular complexity index is 1000. The van der Waals surface area contributed by atoms with E-state index in [1.807, 2.05) is 0 Å². The van der Waals surface area contributed by atoms with Crippen molar-refractivity contribution in [2.75, 3.05) is 13.1 Å². The third kappa shape index (κ3) is 4.67. The molecule has 0 N–H and O–H groups in total. The third-order valence-corrected chi connectivity index (χ3v) is 6.38. The highest BCUT2D eigenvalue weighted by molar-refractivity contribution is 7.89. The highest BCUT2D eigenvalue weighted by Gasteiger charge is 2.31. The number of halogens is 3. The maximum atomic E-state index is 12.7. The highest BCUT2D eigenvalue weighted by Crippen LogP contribution is 2.36. The Balaban J connectivity index is 1.89. The Morgan fingerprint density at radius 2 is 1.62 bits per heavy atom. The number of hydrogen-bond acceptors (Lipinski definition) is 5. The molecule has 0 aliphatic carbocycles. The van der Waals surface area contributed by atoms with Crippen LogP contribution >= 0.6 is 0 Å². The number of piperidine rings is 1. The lowest BCUT2D eigenvalue weighted by atomic mass is 10.2. The number of rotatable bonds is 5. The van der Waals surface area contributed by atoms with E-state index in [0.717, 1.165) is 55.7 Å². The van der Waals surface area contributed by atoms with Crippen molar-refractivity contribution in [1.29, 1.82) is 0 Å². The van der Waals surface area contributed by atoms with Gasteiger partial charge >= 0.3 is 11.9 Å². The first-order valence-electron chi connectivity index (χ1n) is 8.73. The maximum absolute atomic E-state index is 12.7. The molecule has 1 fully saturated rings. The standard InChI is InChI=1S/C18H17F3N2O5S/c19-18(20,21)13-4-6-14(7-5-13)28-17-9-8-15(12-16(17)23(24)25)29(26,27)22-10-2-1-3-11-22/h4-9,12H,1-3,10-11H2. The summed E-state index contributed by atoms with van der Waals surface area (Å²) >= 11 is 0. The Labute approximate surface area is 164 Å². The first-order chi connectivity index (χ1) is 13.6. The minimum absolute atomic E-state index is 0.0484. The molecule has 2 aromatic carbocycles. The van der Waals surface area contributed by atoms with E-state index in [0.29, 0.717) is 13.1 Å². The molecule has 0 atom stereocenters. The summed E-state index contributed by atoms with van der Waals surface area (Å²) in [7, 11) is -3.88. The van der Waals surface area contributed by atoms with Crippen LogP contribution in [0.4, 0.5) is 18.9 Å². The monoisotopic (exact) mass is 430 g/mol. The fourth-order valence-electron chi connectivity index (χ4n) is 2.98. The van der Waals surface area contributed by atoms with Crippen LogP contribution in [0, 0.1) is 10.1 Å². The molecular weight excluding hydrogens is 413 g/mol. The molecule has 29 heavy (non-hydrogen) atoms. The largest absolute Gasteiger partial charge is 0.450 e. The van der Waals surface area contributed by atoms with Gasteiger partial charge < -0.3 is 4.74 Å². The molecule has 0 aromatic heterocycles. The lowest BCUT2D eigenvalue weighted by Crippen LogP contribution is -2.35. The van der Waals surface area contributed by atoms with E-state index in [1.54, 1.807) is 0 Å². The summed E-state index contributed by atoms with van der Waals surface area (Å²) in [5, 5.41) is 11.4. The Morgan fingerprint density at radius 1 is 1.00 bits per heavy atom. The fourth-order valence-corrected chi connectivity index (χ4v) is 4.52. The molecule has 0 spiro atoms. The topological polar surface area (TPSA) is 89.8 Å². The third-order valence-electron chi connectivity index (χ3n) is 4.49. The molecule has 156 valence electrons. The maximum Gasteiger partial charge on any atom is 0.416 e. The van der Waals surface area contributed by atoms with Gasteiger partial charge in [-0.1, -0.05) is 6.42 Å². The molecule has 1 heterocycles. The molecule has 0 amide bonds.